The number of fused-ring (bicyclic) bond motifs is 1. The van der Waals surface area contributed by atoms with Crippen LogP contribution in [0, 0.1) is 0 Å². The zero-order valence-electron chi connectivity index (χ0n) is 16.9. The highest BCUT2D eigenvalue weighted by molar-refractivity contribution is 5.97. The highest BCUT2D eigenvalue weighted by atomic mass is 16.5. The van der Waals surface area contributed by atoms with Gasteiger partial charge in [-0.25, -0.2) is 9.97 Å². The summed E-state index contributed by atoms with van der Waals surface area (Å²) in [5.41, 5.74) is 3.97. The summed E-state index contributed by atoms with van der Waals surface area (Å²) >= 11 is 0. The maximum absolute atomic E-state index is 12.3. The van der Waals surface area contributed by atoms with Gasteiger partial charge in [0.2, 0.25) is 5.88 Å². The lowest BCUT2D eigenvalue weighted by Crippen LogP contribution is -2.24. The third-order valence-corrected chi connectivity index (χ3v) is 4.89. The van der Waals surface area contributed by atoms with Gasteiger partial charge in [-0.15, -0.1) is 0 Å². The zero-order chi connectivity index (χ0) is 21.8. The molecule has 0 bridgehead atoms. The number of benzene rings is 2. The molecule has 158 valence electrons. The van der Waals surface area contributed by atoms with Gasteiger partial charge in [0, 0.05) is 30.5 Å². The lowest BCUT2D eigenvalue weighted by molar-refractivity contribution is 0.0951. The van der Waals surface area contributed by atoms with E-state index in [2.05, 4.69) is 20.3 Å². The Bertz CT molecular complexity index is 1240. The maximum Gasteiger partial charge on any atom is 0.251 e. The number of hydrogen-bond acceptors (Lipinski definition) is 6. The highest BCUT2D eigenvalue weighted by Gasteiger charge is 2.15. The van der Waals surface area contributed by atoms with E-state index in [9.17, 15) is 9.90 Å². The molecule has 31 heavy (non-hydrogen) atoms. The van der Waals surface area contributed by atoms with Crippen LogP contribution in [0.3, 0.4) is 0 Å². The third kappa shape index (κ3) is 4.19. The Morgan fingerprint density at radius 2 is 2.03 bits per heavy atom. The highest BCUT2D eigenvalue weighted by Crippen LogP contribution is 2.35. The quantitative estimate of drug-likeness (QED) is 0.342. The minimum atomic E-state index is -0.222. The van der Waals surface area contributed by atoms with Crippen molar-refractivity contribution in [2.75, 3.05) is 20.3 Å². The second kappa shape index (κ2) is 8.85. The molecule has 8 nitrogen and oxygen atoms in total. The van der Waals surface area contributed by atoms with Crippen molar-refractivity contribution in [2.45, 2.75) is 6.42 Å². The Hall–Kier alpha value is -3.91. The van der Waals surface area contributed by atoms with Crippen LogP contribution in [-0.2, 0) is 0 Å². The molecule has 0 saturated heterocycles. The molecule has 4 aromatic rings. The van der Waals surface area contributed by atoms with E-state index in [1.165, 1.54) is 0 Å². The third-order valence-electron chi connectivity index (χ3n) is 4.89. The fourth-order valence-electron chi connectivity index (χ4n) is 3.33. The number of H-pyrrole nitrogens is 1. The summed E-state index contributed by atoms with van der Waals surface area (Å²) < 4.78 is 5.35. The largest absolute Gasteiger partial charge is 0.507 e. The van der Waals surface area contributed by atoms with E-state index in [1.807, 2.05) is 18.2 Å². The van der Waals surface area contributed by atoms with E-state index >= 15 is 0 Å². The number of carbonyl (C=O) groups excluding carboxylic acids is 1. The molecular formula is C23H22N4O4. The maximum atomic E-state index is 12.3. The van der Waals surface area contributed by atoms with Crippen LogP contribution in [0.2, 0.25) is 0 Å². The number of aromatic amines is 1. The Morgan fingerprint density at radius 1 is 1.16 bits per heavy atom. The summed E-state index contributed by atoms with van der Waals surface area (Å²) in [6, 6.07) is 14.1. The number of aliphatic hydroxyl groups is 1. The SMILES string of the molecule is COc1ncccc1-c1ccc(O)c(-c2nc3ccc(C(=O)NCCCO)cc3[nH]2)c1. The number of imidazole rings is 1. The van der Waals surface area contributed by atoms with Crippen molar-refractivity contribution in [1.82, 2.24) is 20.3 Å². The first kappa shape index (κ1) is 20.4. The molecule has 8 heteroatoms. The molecule has 2 aromatic carbocycles. The predicted octanol–water partition coefficient (Wildman–Crippen LogP) is 3.12. The number of amides is 1. The van der Waals surface area contributed by atoms with Crippen molar-refractivity contribution in [3.8, 4) is 34.1 Å². The molecule has 0 saturated carbocycles. The molecule has 0 aliphatic heterocycles. The average molecular weight is 418 g/mol. The number of aromatic nitrogens is 3. The molecule has 2 heterocycles. The standard InChI is InChI=1S/C23H22N4O4/c1-31-23-16(4-2-9-25-23)14-6-8-20(29)17(12-14)21-26-18-7-5-15(13-19(18)27-21)22(30)24-10-3-11-28/h2,4-9,12-13,28-29H,3,10-11H2,1H3,(H,24,30)(H,26,27). The summed E-state index contributed by atoms with van der Waals surface area (Å²) in [6.45, 7) is 0.427. The van der Waals surface area contributed by atoms with E-state index in [4.69, 9.17) is 9.84 Å². The van der Waals surface area contributed by atoms with Gasteiger partial charge in [0.15, 0.2) is 0 Å². The van der Waals surface area contributed by atoms with Crippen molar-refractivity contribution >= 4 is 16.9 Å². The molecular weight excluding hydrogens is 396 g/mol. The first-order valence-corrected chi connectivity index (χ1v) is 9.82. The van der Waals surface area contributed by atoms with Crippen LogP contribution in [-0.4, -0.2) is 51.3 Å². The molecule has 4 rings (SSSR count). The lowest BCUT2D eigenvalue weighted by Gasteiger charge is -2.09. The van der Waals surface area contributed by atoms with Gasteiger partial charge < -0.3 is 25.3 Å². The number of aromatic hydroxyl groups is 1. The normalized spacial score (nSPS) is 10.9. The minimum absolute atomic E-state index is 0.0245. The molecule has 2 aromatic heterocycles. The van der Waals surface area contributed by atoms with Crippen molar-refractivity contribution in [3.05, 3.63) is 60.3 Å². The number of nitrogens with one attached hydrogen (secondary N) is 2. The molecule has 0 spiro atoms. The fraction of sp³-hybridized carbons (Fsp3) is 0.174. The van der Waals surface area contributed by atoms with Gasteiger partial charge in [-0.1, -0.05) is 6.07 Å². The van der Waals surface area contributed by atoms with Crippen LogP contribution >= 0.6 is 0 Å². The molecule has 0 aliphatic carbocycles. The van der Waals surface area contributed by atoms with Gasteiger partial charge in [-0.05, 0) is 54.4 Å². The van der Waals surface area contributed by atoms with E-state index < -0.39 is 0 Å². The van der Waals surface area contributed by atoms with Gasteiger partial charge in [-0.2, -0.15) is 0 Å². The average Bonchev–Trinajstić information content (AvgIpc) is 3.22. The number of rotatable bonds is 7. The van der Waals surface area contributed by atoms with E-state index in [0.717, 1.165) is 11.1 Å². The number of ether oxygens (including phenoxy) is 1. The van der Waals surface area contributed by atoms with E-state index in [0.29, 0.717) is 46.8 Å². The summed E-state index contributed by atoms with van der Waals surface area (Å²) in [5, 5.41) is 22.1. The van der Waals surface area contributed by atoms with Crippen LogP contribution in [0.25, 0.3) is 33.5 Å². The first-order valence-electron chi connectivity index (χ1n) is 9.82. The van der Waals surface area contributed by atoms with Gasteiger partial charge in [0.25, 0.3) is 5.91 Å². The number of phenols is 1. The van der Waals surface area contributed by atoms with E-state index in [1.54, 1.807) is 43.6 Å². The summed E-state index contributed by atoms with van der Waals surface area (Å²) in [6.07, 6.45) is 2.15. The summed E-state index contributed by atoms with van der Waals surface area (Å²) in [4.78, 5) is 24.3. The number of pyridine rings is 1. The van der Waals surface area contributed by atoms with Crippen molar-refractivity contribution in [1.29, 1.82) is 0 Å². The Balaban J connectivity index is 1.69. The van der Waals surface area contributed by atoms with Gasteiger partial charge >= 0.3 is 0 Å². The van der Waals surface area contributed by atoms with Crippen molar-refractivity contribution < 1.29 is 19.7 Å². The first-order chi connectivity index (χ1) is 15.1. The Kier molecular flexibility index (Phi) is 5.81. The van der Waals surface area contributed by atoms with Crippen LogP contribution in [0.1, 0.15) is 16.8 Å². The number of nitrogens with zero attached hydrogens (tertiary/aromatic N) is 2. The summed E-state index contributed by atoms with van der Waals surface area (Å²) in [5.74, 6) is 0.822. The number of hydrogen-bond donors (Lipinski definition) is 4. The van der Waals surface area contributed by atoms with Gasteiger partial charge in [0.1, 0.15) is 11.6 Å². The van der Waals surface area contributed by atoms with Gasteiger partial charge in [-0.3, -0.25) is 4.79 Å². The zero-order valence-corrected chi connectivity index (χ0v) is 16.9. The monoisotopic (exact) mass is 418 g/mol. The summed E-state index contributed by atoms with van der Waals surface area (Å²) in [7, 11) is 1.56. The van der Waals surface area contributed by atoms with Crippen molar-refractivity contribution in [3.63, 3.8) is 0 Å². The molecule has 0 atom stereocenters. The molecule has 4 N–H and O–H groups in total. The number of phenolic OH excluding ortho intramolecular Hbond substituents is 1. The van der Waals surface area contributed by atoms with Crippen LogP contribution in [0.5, 0.6) is 11.6 Å². The second-order valence-corrected chi connectivity index (χ2v) is 6.94. The second-order valence-electron chi connectivity index (χ2n) is 6.94. The smallest absolute Gasteiger partial charge is 0.251 e. The van der Waals surface area contributed by atoms with Gasteiger partial charge in [0.05, 0.1) is 23.7 Å². The number of aliphatic hydroxyl groups excluding tert-OH is 1. The Morgan fingerprint density at radius 3 is 2.84 bits per heavy atom. The lowest BCUT2D eigenvalue weighted by atomic mass is 10.0. The topological polar surface area (TPSA) is 120 Å². The number of carbonyl (C=O) groups is 1. The van der Waals surface area contributed by atoms with Crippen LogP contribution < -0.4 is 10.1 Å². The molecule has 0 fully saturated rings. The van der Waals surface area contributed by atoms with Crippen LogP contribution in [0.15, 0.2) is 54.7 Å². The van der Waals surface area contributed by atoms with Crippen molar-refractivity contribution in [2.24, 2.45) is 0 Å². The molecule has 0 aliphatic rings. The van der Waals surface area contributed by atoms with Crippen LogP contribution in [0.4, 0.5) is 0 Å². The minimum Gasteiger partial charge on any atom is -0.507 e. The molecule has 0 unspecified atom stereocenters. The number of methoxy groups -OCH3 is 1. The Labute approximate surface area is 178 Å². The molecule has 0 radical (unpaired) electrons. The molecule has 1 amide bonds. The van der Waals surface area contributed by atoms with E-state index in [-0.39, 0.29) is 18.3 Å². The fourth-order valence-corrected chi connectivity index (χ4v) is 3.33. The predicted molar refractivity (Wildman–Crippen MR) is 117 cm³/mol.